The second kappa shape index (κ2) is 20.6. The topological polar surface area (TPSA) is 371 Å². The molecule has 0 amide bonds. The Labute approximate surface area is 411 Å². The molecule has 0 aliphatic rings. The molecule has 9 N–H and O–H groups in total. The van der Waals surface area contributed by atoms with Gasteiger partial charge in [-0.2, -0.15) is 38.8 Å². The Bertz CT molecular complexity index is 2610. The first-order chi connectivity index (χ1) is 21.8. The summed E-state index contributed by atoms with van der Waals surface area (Å²) in [6.45, 7) is 0. The Morgan fingerprint density at radius 3 is 1.55 bits per heavy atom. The average Bonchev–Trinajstić information content (AvgIpc) is 2.93. The standard InChI is InChI=1S/C22H18N5O16PS4.5Na/c23-19-18-10(7-17(48(41,42)43)21(22(18)28)27-24-11-2-1-3-12(8-11)44(29,30)31)6-16(47(38,39)40)20(19)26-25-14-9-13(45(32,33)34)4-5-15(14)46(35,36)37;;;;;/h1-9,28H,23H2,(H2,29,30,31)(H,32,33,34)(H,35,36,37)(H,38,39,40)(H,41,42,43);;;;;. The molecule has 4 aromatic carbocycles. The number of nitrogens with two attached hydrogens (primary N) is 1. The summed E-state index contributed by atoms with van der Waals surface area (Å²) < 4.78 is 146. The van der Waals surface area contributed by atoms with E-state index in [1.807, 2.05) is 0 Å². The van der Waals surface area contributed by atoms with Crippen LogP contribution in [0.5, 0.6) is 5.75 Å². The van der Waals surface area contributed by atoms with Crippen molar-refractivity contribution >= 4 is 240 Å². The Morgan fingerprint density at radius 1 is 0.585 bits per heavy atom. The summed E-state index contributed by atoms with van der Waals surface area (Å²) in [6.07, 6.45) is 0. The van der Waals surface area contributed by atoms with E-state index in [1.54, 1.807) is 0 Å². The third-order valence-electron chi connectivity index (χ3n) is 6.07. The van der Waals surface area contributed by atoms with E-state index in [1.165, 1.54) is 0 Å². The first-order valence-electron chi connectivity index (χ1n) is 12.0. The number of aromatic hydroxyl groups is 1. The number of fused-ring (bicyclic) bond motifs is 1. The summed E-state index contributed by atoms with van der Waals surface area (Å²) in [6, 6.07) is 6.72. The van der Waals surface area contributed by atoms with Gasteiger partial charge >= 0.3 is 7.60 Å². The Kier molecular flexibility index (Phi) is 21.7. The van der Waals surface area contributed by atoms with E-state index in [0.717, 1.165) is 24.3 Å². The maximum Gasteiger partial charge on any atom is 0.356 e. The molecule has 0 fully saturated rings. The minimum Gasteiger partial charge on any atom is -0.505 e. The summed E-state index contributed by atoms with van der Waals surface area (Å²) in [5.74, 6) is -1.22. The molecule has 0 heterocycles. The molecule has 0 atom stereocenters. The van der Waals surface area contributed by atoms with Gasteiger partial charge in [0.1, 0.15) is 31.7 Å². The SMILES string of the molecule is Nc1c(N=Nc2cc(S(=O)(=O)O)ccc2S(=O)(=O)O)c(S(=O)(=O)O)cc2cc(S(=O)(=O)O)c(N=Nc3cccc(P(=O)(O)O)c3)c(O)c12.[Na].[Na].[Na].[Na].[Na]. The molecule has 0 saturated carbocycles. The summed E-state index contributed by atoms with van der Waals surface area (Å²) in [7, 11) is -25.7. The minimum atomic E-state index is -5.39. The van der Waals surface area contributed by atoms with Crippen molar-refractivity contribution in [2.24, 2.45) is 20.5 Å². The zero-order valence-electron chi connectivity index (χ0n) is 27.9. The van der Waals surface area contributed by atoms with Crippen molar-refractivity contribution in [3.8, 4) is 5.75 Å². The molecular formula is C22H18N5Na5O16PS4. The Morgan fingerprint density at radius 2 is 1.08 bits per heavy atom. The molecule has 31 heteroatoms. The van der Waals surface area contributed by atoms with Crippen LogP contribution in [0.15, 0.2) is 94.6 Å². The molecule has 53 heavy (non-hydrogen) atoms. The van der Waals surface area contributed by atoms with E-state index >= 15 is 0 Å². The summed E-state index contributed by atoms with van der Waals surface area (Å²) in [5, 5.41) is 23.3. The molecule has 0 bridgehead atoms. The quantitative estimate of drug-likeness (QED) is 0.0379. The molecule has 0 aliphatic heterocycles. The number of nitrogen functional groups attached to an aromatic ring is 1. The summed E-state index contributed by atoms with van der Waals surface area (Å²) in [4.78, 5) is 14.3. The van der Waals surface area contributed by atoms with Crippen LogP contribution < -0.4 is 11.0 Å². The maximum absolute atomic E-state index is 12.3. The van der Waals surface area contributed by atoms with E-state index in [4.69, 9.17) is 5.73 Å². The van der Waals surface area contributed by atoms with Gasteiger partial charge in [-0.1, -0.05) is 6.07 Å². The Balaban J connectivity index is 0. The summed E-state index contributed by atoms with van der Waals surface area (Å²) >= 11 is 0. The first-order valence-corrected chi connectivity index (χ1v) is 19.3. The van der Waals surface area contributed by atoms with Gasteiger partial charge in [0.2, 0.25) is 0 Å². The number of rotatable bonds is 9. The van der Waals surface area contributed by atoms with Gasteiger partial charge in [-0.15, -0.1) is 15.3 Å². The first kappa shape index (κ1) is 55.8. The van der Waals surface area contributed by atoms with Crippen LogP contribution in [0.1, 0.15) is 0 Å². The molecule has 0 aliphatic carbocycles. The van der Waals surface area contributed by atoms with E-state index < -0.39 is 112 Å². The number of phenolic OH excluding ortho intramolecular Hbond substituents is 1. The fraction of sp³-hybridized carbons (Fsp3) is 0. The van der Waals surface area contributed by atoms with Crippen molar-refractivity contribution in [2.75, 3.05) is 5.73 Å². The predicted octanol–water partition coefficient (Wildman–Crippen LogP) is 0.844. The van der Waals surface area contributed by atoms with Crippen molar-refractivity contribution in [2.45, 2.75) is 19.6 Å². The zero-order chi connectivity index (χ0) is 36.2. The second-order valence-corrected chi connectivity index (χ2v) is 16.5. The van der Waals surface area contributed by atoms with Crippen LogP contribution >= 0.6 is 7.60 Å². The van der Waals surface area contributed by atoms with Gasteiger partial charge in [-0.3, -0.25) is 22.8 Å². The number of anilines is 1. The number of nitrogens with zero attached hydrogens (tertiary/aromatic N) is 4. The third kappa shape index (κ3) is 13.6. The minimum absolute atomic E-state index is 0. The molecule has 4 rings (SSSR count). The van der Waals surface area contributed by atoms with Gasteiger partial charge in [0.05, 0.1) is 27.0 Å². The zero-order valence-corrected chi connectivity index (χ0v) is 42.1. The largest absolute Gasteiger partial charge is 0.505 e. The van der Waals surface area contributed by atoms with Crippen LogP contribution in [0.25, 0.3) is 10.8 Å². The molecule has 5 radical (unpaired) electrons. The predicted molar refractivity (Wildman–Crippen MR) is 191 cm³/mol. The van der Waals surface area contributed by atoms with Crippen LogP contribution in [-0.2, 0) is 45.0 Å². The van der Waals surface area contributed by atoms with Crippen molar-refractivity contribution in [1.82, 2.24) is 0 Å². The number of azo groups is 2. The van der Waals surface area contributed by atoms with Crippen molar-refractivity contribution in [3.05, 3.63) is 54.6 Å². The maximum atomic E-state index is 12.3. The van der Waals surface area contributed by atoms with Gasteiger partial charge in [0.15, 0.2) is 5.75 Å². The van der Waals surface area contributed by atoms with Gasteiger partial charge in [0, 0.05) is 148 Å². The molecule has 0 spiro atoms. The fourth-order valence-electron chi connectivity index (χ4n) is 4.01. The fourth-order valence-corrected chi connectivity index (χ4v) is 7.02. The van der Waals surface area contributed by atoms with Crippen LogP contribution in [-0.4, -0.2) is 215 Å². The molecule has 0 unspecified atom stereocenters. The van der Waals surface area contributed by atoms with Gasteiger partial charge in [-0.25, -0.2) is 0 Å². The van der Waals surface area contributed by atoms with E-state index in [2.05, 4.69) is 20.5 Å². The van der Waals surface area contributed by atoms with Crippen molar-refractivity contribution in [1.29, 1.82) is 0 Å². The molecule has 261 valence electrons. The normalized spacial score (nSPS) is 12.3. The average molecular weight is 883 g/mol. The van der Waals surface area contributed by atoms with Crippen molar-refractivity contribution < 1.29 is 71.3 Å². The summed E-state index contributed by atoms with van der Waals surface area (Å²) in [5.41, 5.74) is 1.70. The van der Waals surface area contributed by atoms with Crippen LogP contribution in [0, 0.1) is 0 Å². The number of phenols is 1. The van der Waals surface area contributed by atoms with Gasteiger partial charge < -0.3 is 20.6 Å². The number of hydrogen-bond acceptors (Lipinski definition) is 15. The molecular weight excluding hydrogens is 864 g/mol. The number of benzene rings is 4. The van der Waals surface area contributed by atoms with Crippen LogP contribution in [0.4, 0.5) is 28.4 Å². The van der Waals surface area contributed by atoms with Gasteiger partial charge in [-0.05, 0) is 53.9 Å². The van der Waals surface area contributed by atoms with E-state index in [9.17, 15) is 71.3 Å². The number of hydrogen-bond donors (Lipinski definition) is 8. The monoisotopic (exact) mass is 882 g/mol. The second-order valence-electron chi connectivity index (χ2n) is 9.30. The van der Waals surface area contributed by atoms with E-state index in [-0.39, 0.29) is 153 Å². The molecule has 0 saturated heterocycles. The third-order valence-corrected chi connectivity index (χ3v) is 10.5. The molecule has 21 nitrogen and oxygen atoms in total. The van der Waals surface area contributed by atoms with Crippen molar-refractivity contribution in [3.63, 3.8) is 0 Å². The van der Waals surface area contributed by atoms with E-state index in [0.29, 0.717) is 30.3 Å². The van der Waals surface area contributed by atoms with Crippen LogP contribution in [0.2, 0.25) is 0 Å². The molecule has 0 aromatic heterocycles. The Hall–Kier alpha value is 0.730. The van der Waals surface area contributed by atoms with Gasteiger partial charge in [0.25, 0.3) is 40.5 Å². The van der Waals surface area contributed by atoms with Crippen LogP contribution in [0.3, 0.4) is 0 Å². The molecule has 4 aromatic rings. The smallest absolute Gasteiger partial charge is 0.356 e.